The number of rotatable bonds is 9. The highest BCUT2D eigenvalue weighted by molar-refractivity contribution is 5.69. The first-order valence-electron chi connectivity index (χ1n) is 6.46. The zero-order chi connectivity index (χ0) is 14.4. The monoisotopic (exact) mass is 260 g/mol. The van der Waals surface area contributed by atoms with E-state index in [9.17, 15) is 9.90 Å². The van der Waals surface area contributed by atoms with Crippen LogP contribution in [0.15, 0.2) is 0 Å². The highest BCUT2D eigenvalue weighted by atomic mass is 16.5. The molecule has 0 amide bonds. The third-order valence-electron chi connectivity index (χ3n) is 3.64. The third kappa shape index (κ3) is 6.97. The van der Waals surface area contributed by atoms with Crippen LogP contribution in [-0.4, -0.2) is 36.5 Å². The van der Waals surface area contributed by atoms with Crippen LogP contribution in [0.3, 0.4) is 0 Å². The molecule has 0 fully saturated rings. The second-order valence-electron chi connectivity index (χ2n) is 6.04. The van der Waals surface area contributed by atoms with Gasteiger partial charge in [-0.3, -0.25) is 4.79 Å². The van der Waals surface area contributed by atoms with E-state index in [0.717, 1.165) is 12.8 Å². The molecule has 0 bridgehead atoms. The van der Waals surface area contributed by atoms with Crippen LogP contribution in [0.2, 0.25) is 0 Å². The fourth-order valence-corrected chi connectivity index (χ4v) is 1.64. The minimum absolute atomic E-state index is 0.259. The van der Waals surface area contributed by atoms with Gasteiger partial charge in [0.05, 0.1) is 17.1 Å². The summed E-state index contributed by atoms with van der Waals surface area (Å²) in [6.45, 7) is 7.91. The summed E-state index contributed by atoms with van der Waals surface area (Å²) in [4.78, 5) is 11.2. The molecule has 0 radical (unpaired) electrons. The first-order valence-corrected chi connectivity index (χ1v) is 6.46. The van der Waals surface area contributed by atoms with Gasteiger partial charge in [-0.2, -0.15) is 0 Å². The first kappa shape index (κ1) is 17.4. The SMILES string of the molecule is COC(C)(C)CCC(CCC(C)(C)OC)C(=O)O. The Labute approximate surface area is 111 Å². The van der Waals surface area contributed by atoms with Gasteiger partial charge in [0.1, 0.15) is 0 Å². The molecule has 0 aliphatic rings. The Hall–Kier alpha value is -0.610. The van der Waals surface area contributed by atoms with Crippen molar-refractivity contribution in [1.82, 2.24) is 0 Å². The standard InChI is InChI=1S/C14H28O4/c1-13(2,17-5)9-7-11(12(15)16)8-10-14(3,4)18-6/h11H,7-10H2,1-6H3,(H,15,16). The molecule has 4 nitrogen and oxygen atoms in total. The smallest absolute Gasteiger partial charge is 0.306 e. The topological polar surface area (TPSA) is 55.8 Å². The largest absolute Gasteiger partial charge is 0.481 e. The number of aliphatic carboxylic acids is 1. The lowest BCUT2D eigenvalue weighted by Gasteiger charge is -2.27. The van der Waals surface area contributed by atoms with Crippen molar-refractivity contribution >= 4 is 5.97 Å². The molecule has 0 saturated heterocycles. The average Bonchev–Trinajstić information content (AvgIpc) is 2.28. The van der Waals surface area contributed by atoms with Crippen molar-refractivity contribution in [3.05, 3.63) is 0 Å². The predicted octanol–water partition coefficient (Wildman–Crippen LogP) is 3.10. The number of hydrogen-bond donors (Lipinski definition) is 1. The number of methoxy groups -OCH3 is 2. The van der Waals surface area contributed by atoms with Crippen molar-refractivity contribution < 1.29 is 19.4 Å². The molecule has 0 heterocycles. The van der Waals surface area contributed by atoms with E-state index in [1.54, 1.807) is 14.2 Å². The number of ether oxygens (including phenoxy) is 2. The molecule has 0 aliphatic heterocycles. The van der Waals surface area contributed by atoms with Gasteiger partial charge in [0.25, 0.3) is 0 Å². The van der Waals surface area contributed by atoms with Crippen molar-refractivity contribution in [3.8, 4) is 0 Å². The quantitative estimate of drug-likeness (QED) is 0.692. The maximum Gasteiger partial charge on any atom is 0.306 e. The maximum atomic E-state index is 11.2. The zero-order valence-corrected chi connectivity index (χ0v) is 12.6. The van der Waals surface area contributed by atoms with E-state index < -0.39 is 5.97 Å². The van der Waals surface area contributed by atoms with Crippen molar-refractivity contribution in [2.45, 2.75) is 64.6 Å². The Kier molecular flexibility index (Phi) is 6.86. The summed E-state index contributed by atoms with van der Waals surface area (Å²) in [6.07, 6.45) is 2.76. The normalized spacial score (nSPS) is 13.1. The highest BCUT2D eigenvalue weighted by Crippen LogP contribution is 2.25. The van der Waals surface area contributed by atoms with Crippen LogP contribution < -0.4 is 0 Å². The van der Waals surface area contributed by atoms with E-state index in [-0.39, 0.29) is 17.1 Å². The number of carboxylic acid groups (broad SMARTS) is 1. The molecule has 0 atom stereocenters. The Morgan fingerprint density at radius 2 is 1.33 bits per heavy atom. The van der Waals surface area contributed by atoms with E-state index in [4.69, 9.17) is 9.47 Å². The minimum Gasteiger partial charge on any atom is -0.481 e. The van der Waals surface area contributed by atoms with Gasteiger partial charge in [0.2, 0.25) is 0 Å². The van der Waals surface area contributed by atoms with Gasteiger partial charge in [-0.25, -0.2) is 0 Å². The Bertz CT molecular complexity index is 239. The molecule has 4 heteroatoms. The van der Waals surface area contributed by atoms with E-state index in [0.29, 0.717) is 12.8 Å². The van der Waals surface area contributed by atoms with Crippen LogP contribution in [0.4, 0.5) is 0 Å². The van der Waals surface area contributed by atoms with Gasteiger partial charge in [0.15, 0.2) is 0 Å². The van der Waals surface area contributed by atoms with Gasteiger partial charge < -0.3 is 14.6 Å². The van der Waals surface area contributed by atoms with Crippen LogP contribution in [-0.2, 0) is 14.3 Å². The van der Waals surface area contributed by atoms with E-state index >= 15 is 0 Å². The molecule has 0 aromatic rings. The van der Waals surface area contributed by atoms with Gasteiger partial charge in [-0.1, -0.05) is 0 Å². The van der Waals surface area contributed by atoms with Crippen molar-refractivity contribution in [1.29, 1.82) is 0 Å². The summed E-state index contributed by atoms with van der Waals surface area (Å²) in [5.74, 6) is -1.05. The molecule has 1 N–H and O–H groups in total. The van der Waals surface area contributed by atoms with Crippen LogP contribution >= 0.6 is 0 Å². The molecule has 0 unspecified atom stereocenters. The fourth-order valence-electron chi connectivity index (χ4n) is 1.64. The Morgan fingerprint density at radius 3 is 1.56 bits per heavy atom. The molecule has 108 valence electrons. The minimum atomic E-state index is -0.728. The predicted molar refractivity (Wildman–Crippen MR) is 71.8 cm³/mol. The number of carboxylic acids is 1. The zero-order valence-electron chi connectivity index (χ0n) is 12.6. The first-order chi connectivity index (χ1) is 8.13. The van der Waals surface area contributed by atoms with Crippen LogP contribution in [0.25, 0.3) is 0 Å². The summed E-state index contributed by atoms with van der Waals surface area (Å²) in [6, 6.07) is 0. The third-order valence-corrected chi connectivity index (χ3v) is 3.64. The molecule has 0 aliphatic carbocycles. The van der Waals surface area contributed by atoms with Crippen LogP contribution in [0.1, 0.15) is 53.4 Å². The van der Waals surface area contributed by atoms with Crippen LogP contribution in [0, 0.1) is 5.92 Å². The number of carbonyl (C=O) groups is 1. The molecular formula is C14H28O4. The summed E-state index contributed by atoms with van der Waals surface area (Å²) < 4.78 is 10.6. The lowest BCUT2D eigenvalue weighted by Crippen LogP contribution is -2.28. The van der Waals surface area contributed by atoms with Gasteiger partial charge in [0, 0.05) is 14.2 Å². The molecule has 18 heavy (non-hydrogen) atoms. The summed E-state index contributed by atoms with van der Waals surface area (Å²) >= 11 is 0. The summed E-state index contributed by atoms with van der Waals surface area (Å²) in [7, 11) is 3.31. The number of hydrogen-bond acceptors (Lipinski definition) is 3. The Balaban J connectivity index is 4.29. The van der Waals surface area contributed by atoms with E-state index in [1.807, 2.05) is 27.7 Å². The lowest BCUT2D eigenvalue weighted by atomic mass is 9.88. The molecule has 0 aromatic carbocycles. The molecular weight excluding hydrogens is 232 g/mol. The van der Waals surface area contributed by atoms with Crippen molar-refractivity contribution in [2.24, 2.45) is 5.92 Å². The van der Waals surface area contributed by atoms with Crippen molar-refractivity contribution in [2.75, 3.05) is 14.2 Å². The fraction of sp³-hybridized carbons (Fsp3) is 0.929. The second-order valence-corrected chi connectivity index (χ2v) is 6.04. The molecule has 0 saturated carbocycles. The Morgan fingerprint density at radius 1 is 1.00 bits per heavy atom. The summed E-state index contributed by atoms with van der Waals surface area (Å²) in [5, 5.41) is 9.23. The second kappa shape index (κ2) is 7.10. The summed E-state index contributed by atoms with van der Waals surface area (Å²) in [5.41, 5.74) is -0.519. The van der Waals surface area contributed by atoms with E-state index in [1.165, 1.54) is 0 Å². The average molecular weight is 260 g/mol. The lowest BCUT2D eigenvalue weighted by molar-refractivity contribution is -0.143. The van der Waals surface area contributed by atoms with Gasteiger partial charge >= 0.3 is 5.97 Å². The molecule has 0 rings (SSSR count). The van der Waals surface area contributed by atoms with Crippen molar-refractivity contribution in [3.63, 3.8) is 0 Å². The van der Waals surface area contributed by atoms with Gasteiger partial charge in [-0.05, 0) is 53.4 Å². The van der Waals surface area contributed by atoms with Crippen LogP contribution in [0.5, 0.6) is 0 Å². The molecule has 0 aromatic heterocycles. The highest BCUT2D eigenvalue weighted by Gasteiger charge is 2.26. The van der Waals surface area contributed by atoms with E-state index in [2.05, 4.69) is 0 Å². The molecule has 0 spiro atoms. The van der Waals surface area contributed by atoms with Gasteiger partial charge in [-0.15, -0.1) is 0 Å². The maximum absolute atomic E-state index is 11.2.